The van der Waals surface area contributed by atoms with Crippen LogP contribution in [-0.2, 0) is 0 Å². The molecule has 4 nitrogen and oxygen atoms in total. The number of aromatic nitrogens is 1. The molecule has 1 aliphatic heterocycles. The van der Waals surface area contributed by atoms with E-state index in [9.17, 15) is 4.79 Å². The molecule has 5 heteroatoms. The van der Waals surface area contributed by atoms with Gasteiger partial charge in [0.05, 0.1) is 34.4 Å². The van der Waals surface area contributed by atoms with Crippen molar-refractivity contribution in [3.8, 4) is 5.75 Å². The number of hydrogen-bond acceptors (Lipinski definition) is 4. The summed E-state index contributed by atoms with van der Waals surface area (Å²) in [4.78, 5) is 18.7. The second-order valence-electron chi connectivity index (χ2n) is 5.77. The van der Waals surface area contributed by atoms with Gasteiger partial charge in [0.1, 0.15) is 11.9 Å². The zero-order valence-corrected chi connectivity index (χ0v) is 13.5. The van der Waals surface area contributed by atoms with Gasteiger partial charge in [-0.05, 0) is 36.8 Å². The lowest BCUT2D eigenvalue weighted by atomic mass is 10.1. The molecule has 0 unspecified atom stereocenters. The summed E-state index contributed by atoms with van der Waals surface area (Å²) in [5.41, 5.74) is 4.57. The van der Waals surface area contributed by atoms with Crippen LogP contribution in [0, 0.1) is 6.92 Å². The van der Waals surface area contributed by atoms with E-state index in [1.165, 1.54) is 16.9 Å². The minimum Gasteiger partial charge on any atom is -0.487 e. The quantitative estimate of drug-likeness (QED) is 0.740. The molecule has 0 aliphatic carbocycles. The van der Waals surface area contributed by atoms with Crippen LogP contribution in [0.2, 0.25) is 0 Å². The largest absolute Gasteiger partial charge is 0.487 e. The first-order valence-electron chi connectivity index (χ1n) is 7.55. The SMILES string of the molecule is Cc1cccc(OC2CN(C(=O)c3cccc4ncsc34)C2)c1. The maximum absolute atomic E-state index is 12.6. The van der Waals surface area contributed by atoms with Crippen molar-refractivity contribution in [3.63, 3.8) is 0 Å². The fourth-order valence-corrected chi connectivity index (χ4v) is 3.58. The van der Waals surface area contributed by atoms with Crippen molar-refractivity contribution in [2.24, 2.45) is 0 Å². The van der Waals surface area contributed by atoms with E-state index in [1.807, 2.05) is 54.3 Å². The van der Waals surface area contributed by atoms with Gasteiger partial charge in [0.2, 0.25) is 0 Å². The number of fused-ring (bicyclic) bond motifs is 1. The highest BCUT2D eigenvalue weighted by Gasteiger charge is 2.33. The van der Waals surface area contributed by atoms with Crippen LogP contribution in [0.25, 0.3) is 10.2 Å². The van der Waals surface area contributed by atoms with E-state index >= 15 is 0 Å². The van der Waals surface area contributed by atoms with Crippen molar-refractivity contribution in [2.75, 3.05) is 13.1 Å². The highest BCUT2D eigenvalue weighted by molar-refractivity contribution is 7.17. The van der Waals surface area contributed by atoms with Gasteiger partial charge >= 0.3 is 0 Å². The summed E-state index contributed by atoms with van der Waals surface area (Å²) in [5, 5.41) is 0. The van der Waals surface area contributed by atoms with Crippen LogP contribution < -0.4 is 4.74 Å². The third-order valence-corrected chi connectivity index (χ3v) is 4.89. The van der Waals surface area contributed by atoms with E-state index in [0.29, 0.717) is 13.1 Å². The molecule has 0 spiro atoms. The first kappa shape index (κ1) is 14.2. The predicted octanol–water partition coefficient (Wildman–Crippen LogP) is 3.51. The highest BCUT2D eigenvalue weighted by atomic mass is 32.1. The molecule has 116 valence electrons. The minimum atomic E-state index is 0.0592. The van der Waals surface area contributed by atoms with Crippen molar-refractivity contribution in [1.29, 1.82) is 0 Å². The molecule has 1 aliphatic rings. The Labute approximate surface area is 138 Å². The van der Waals surface area contributed by atoms with Crippen molar-refractivity contribution < 1.29 is 9.53 Å². The van der Waals surface area contributed by atoms with Crippen LogP contribution in [0.5, 0.6) is 5.75 Å². The molecule has 23 heavy (non-hydrogen) atoms. The molecule has 2 heterocycles. The normalized spacial score (nSPS) is 14.7. The number of benzene rings is 2. The molecule has 0 radical (unpaired) electrons. The molecule has 0 saturated carbocycles. The molecule has 1 saturated heterocycles. The van der Waals surface area contributed by atoms with Gasteiger partial charge in [-0.1, -0.05) is 18.2 Å². The molecule has 0 bridgehead atoms. The Morgan fingerprint density at radius 2 is 2.09 bits per heavy atom. The summed E-state index contributed by atoms with van der Waals surface area (Å²) < 4.78 is 6.88. The number of carbonyl (C=O) groups is 1. The fourth-order valence-electron chi connectivity index (χ4n) is 2.78. The number of ether oxygens (including phenoxy) is 1. The van der Waals surface area contributed by atoms with Crippen molar-refractivity contribution in [1.82, 2.24) is 9.88 Å². The first-order chi connectivity index (χ1) is 11.2. The number of nitrogens with zero attached hydrogens (tertiary/aromatic N) is 2. The molecule has 1 fully saturated rings. The Morgan fingerprint density at radius 3 is 2.91 bits per heavy atom. The second-order valence-corrected chi connectivity index (χ2v) is 6.63. The van der Waals surface area contributed by atoms with Crippen molar-refractivity contribution in [2.45, 2.75) is 13.0 Å². The lowest BCUT2D eigenvalue weighted by molar-refractivity contribution is 0.0179. The average molecular weight is 324 g/mol. The smallest absolute Gasteiger partial charge is 0.255 e. The fraction of sp³-hybridized carbons (Fsp3) is 0.222. The van der Waals surface area contributed by atoms with Gasteiger partial charge < -0.3 is 9.64 Å². The van der Waals surface area contributed by atoms with E-state index in [1.54, 1.807) is 5.51 Å². The molecule has 4 rings (SSSR count). The molecule has 1 aromatic heterocycles. The molecule has 1 amide bonds. The maximum atomic E-state index is 12.6. The van der Waals surface area contributed by atoms with E-state index in [0.717, 1.165) is 21.5 Å². The first-order valence-corrected chi connectivity index (χ1v) is 8.43. The van der Waals surface area contributed by atoms with Crippen LogP contribution in [0.3, 0.4) is 0 Å². The number of hydrogen-bond donors (Lipinski definition) is 0. The van der Waals surface area contributed by atoms with Gasteiger partial charge in [0.25, 0.3) is 5.91 Å². The topological polar surface area (TPSA) is 42.4 Å². The van der Waals surface area contributed by atoms with Gasteiger partial charge in [-0.25, -0.2) is 4.98 Å². The monoisotopic (exact) mass is 324 g/mol. The molecule has 0 atom stereocenters. The Morgan fingerprint density at radius 1 is 1.26 bits per heavy atom. The van der Waals surface area contributed by atoms with E-state index in [4.69, 9.17) is 4.74 Å². The molecular formula is C18H16N2O2S. The number of rotatable bonds is 3. The lowest BCUT2D eigenvalue weighted by Gasteiger charge is -2.39. The average Bonchev–Trinajstić information content (AvgIpc) is 2.98. The van der Waals surface area contributed by atoms with Crippen molar-refractivity contribution in [3.05, 3.63) is 59.1 Å². The Balaban J connectivity index is 1.43. The second kappa shape index (κ2) is 5.66. The zero-order valence-electron chi connectivity index (χ0n) is 12.7. The number of amides is 1. The number of carbonyl (C=O) groups excluding carboxylic acids is 1. The van der Waals surface area contributed by atoms with Gasteiger partial charge in [-0.15, -0.1) is 11.3 Å². The summed E-state index contributed by atoms with van der Waals surface area (Å²) in [6, 6.07) is 13.7. The Kier molecular flexibility index (Phi) is 3.50. The minimum absolute atomic E-state index is 0.0592. The number of aryl methyl sites for hydroxylation is 1. The van der Waals surface area contributed by atoms with Gasteiger partial charge in [-0.3, -0.25) is 4.79 Å². The standard InChI is InChI=1S/C18H16N2O2S/c1-12-4-2-5-13(8-12)22-14-9-20(10-14)18(21)15-6-3-7-16-17(15)23-11-19-16/h2-8,11,14H,9-10H2,1H3. The third-order valence-electron chi connectivity index (χ3n) is 4.01. The van der Waals surface area contributed by atoms with Gasteiger partial charge in [-0.2, -0.15) is 0 Å². The summed E-state index contributed by atoms with van der Waals surface area (Å²) >= 11 is 1.51. The van der Waals surface area contributed by atoms with E-state index in [2.05, 4.69) is 4.98 Å². The summed E-state index contributed by atoms with van der Waals surface area (Å²) in [6.07, 6.45) is 0.0708. The Bertz CT molecular complexity index is 868. The molecular weight excluding hydrogens is 308 g/mol. The molecule has 3 aromatic rings. The van der Waals surface area contributed by atoms with Gasteiger partial charge in [0, 0.05) is 0 Å². The summed E-state index contributed by atoms with van der Waals surface area (Å²) in [7, 11) is 0. The Hall–Kier alpha value is -2.40. The number of thiazole rings is 1. The predicted molar refractivity (Wildman–Crippen MR) is 91.1 cm³/mol. The van der Waals surface area contributed by atoms with Crippen LogP contribution in [0.1, 0.15) is 15.9 Å². The third kappa shape index (κ3) is 2.68. The maximum Gasteiger partial charge on any atom is 0.255 e. The van der Waals surface area contributed by atoms with E-state index < -0.39 is 0 Å². The van der Waals surface area contributed by atoms with Crippen LogP contribution in [0.15, 0.2) is 48.0 Å². The zero-order chi connectivity index (χ0) is 15.8. The van der Waals surface area contributed by atoms with Crippen LogP contribution >= 0.6 is 11.3 Å². The summed E-state index contributed by atoms with van der Waals surface area (Å²) in [6.45, 7) is 3.29. The van der Waals surface area contributed by atoms with Crippen molar-refractivity contribution >= 4 is 27.5 Å². The molecule has 2 aromatic carbocycles. The highest BCUT2D eigenvalue weighted by Crippen LogP contribution is 2.26. The van der Waals surface area contributed by atoms with E-state index in [-0.39, 0.29) is 12.0 Å². The lowest BCUT2D eigenvalue weighted by Crippen LogP contribution is -2.56. The molecule has 0 N–H and O–H groups in total. The summed E-state index contributed by atoms with van der Waals surface area (Å²) in [5.74, 6) is 0.926. The van der Waals surface area contributed by atoms with Gasteiger partial charge in [0.15, 0.2) is 0 Å². The van der Waals surface area contributed by atoms with Crippen LogP contribution in [0.4, 0.5) is 0 Å². The van der Waals surface area contributed by atoms with Crippen LogP contribution in [-0.4, -0.2) is 35.0 Å². The number of likely N-dealkylation sites (tertiary alicyclic amines) is 1.